The van der Waals surface area contributed by atoms with E-state index in [1.54, 1.807) is 13.8 Å². The van der Waals surface area contributed by atoms with Gasteiger partial charge in [-0.15, -0.1) is 0 Å². The fraction of sp³-hybridized carbons (Fsp3) is 0.417. The number of para-hydroxylation sites is 1. The highest BCUT2D eigenvalue weighted by Gasteiger charge is 2.61. The molecule has 4 aliphatic rings. The first-order valence-electron chi connectivity index (χ1n) is 16.5. The number of benzene rings is 2. The first-order valence-corrected chi connectivity index (χ1v) is 16.5. The standard InChI is InChI=1S/C36H37N5O7/c1-17(2)27-34-41-28(33-38-24(16-46-33)32-37-11-12-45-32)30(48-34)36-21-7-5-6-8-23(21)39-35(36)47-26-10-9-19(14-22(26)36)13-20(31(44)40-27)15-25(42)29(43)18(3)4/h5-10,14,16-18,20,27,29,35,39,43H,11-13,15H2,1-4H3,(H,40,44)/t20-,27+,29+,35+,36?/m1/s1. The molecule has 4 aromatic rings. The van der Waals surface area contributed by atoms with Gasteiger partial charge in [0.1, 0.15) is 36.2 Å². The van der Waals surface area contributed by atoms with Gasteiger partial charge in [0.05, 0.1) is 6.54 Å². The molecule has 0 radical (unpaired) electrons. The van der Waals surface area contributed by atoms with Crippen LogP contribution in [-0.4, -0.2) is 58.1 Å². The SMILES string of the molecule is CC(C)[C@H](O)C(=O)C[C@H]1Cc2ccc3c(c2)C2(c4ccccc4N[C@H]2O3)c2oc(nc2-c2nc(C3=NCCO3)co2)[C@H](C(C)C)NC1=O. The van der Waals surface area contributed by atoms with Gasteiger partial charge in [-0.3, -0.25) is 9.59 Å². The summed E-state index contributed by atoms with van der Waals surface area (Å²) >= 11 is 0. The molecule has 248 valence electrons. The van der Waals surface area contributed by atoms with Gasteiger partial charge in [-0.1, -0.05) is 58.0 Å². The minimum Gasteiger partial charge on any atom is -0.474 e. The van der Waals surface area contributed by atoms with Gasteiger partial charge in [-0.05, 0) is 41.5 Å². The van der Waals surface area contributed by atoms with Gasteiger partial charge in [0.25, 0.3) is 0 Å². The summed E-state index contributed by atoms with van der Waals surface area (Å²) in [5.74, 6) is 0.140. The number of nitrogens with zero attached hydrogens (tertiary/aromatic N) is 3. The zero-order valence-electron chi connectivity index (χ0n) is 27.1. The zero-order valence-corrected chi connectivity index (χ0v) is 27.1. The number of carbonyl (C=O) groups is 2. The Morgan fingerprint density at radius 1 is 1.08 bits per heavy atom. The molecular formula is C36H37N5O7. The second kappa shape index (κ2) is 11.3. The van der Waals surface area contributed by atoms with Gasteiger partial charge in [0.15, 0.2) is 29.2 Å². The van der Waals surface area contributed by atoms with Crippen LogP contribution in [0.25, 0.3) is 11.6 Å². The Bertz CT molecular complexity index is 1960. The monoisotopic (exact) mass is 651 g/mol. The number of Topliss-reactive ketones (excluding diaryl/α,β-unsaturated/α-hetero) is 1. The first kappa shape index (κ1) is 30.4. The van der Waals surface area contributed by atoms with E-state index in [1.807, 2.05) is 56.3 Å². The highest BCUT2D eigenvalue weighted by molar-refractivity contribution is 5.93. The number of ether oxygens (including phenoxy) is 2. The Balaban J connectivity index is 1.35. The number of aromatic nitrogens is 2. The van der Waals surface area contributed by atoms with Crippen LogP contribution in [0.1, 0.15) is 74.2 Å². The van der Waals surface area contributed by atoms with Crippen molar-refractivity contribution in [2.75, 3.05) is 18.5 Å². The molecule has 0 saturated carbocycles. The molecule has 1 amide bonds. The summed E-state index contributed by atoms with van der Waals surface area (Å²) < 4.78 is 25.2. The molecule has 4 aliphatic heterocycles. The minimum absolute atomic E-state index is 0.116. The number of anilines is 1. The summed E-state index contributed by atoms with van der Waals surface area (Å²) in [5, 5.41) is 17.3. The van der Waals surface area contributed by atoms with E-state index < -0.39 is 29.7 Å². The lowest BCUT2D eigenvalue weighted by Gasteiger charge is -2.28. The summed E-state index contributed by atoms with van der Waals surface area (Å²) in [7, 11) is 0. The van der Waals surface area contributed by atoms with Gasteiger partial charge >= 0.3 is 0 Å². The quantitative estimate of drug-likeness (QED) is 0.259. The molecule has 5 atom stereocenters. The maximum absolute atomic E-state index is 14.1. The van der Waals surface area contributed by atoms with E-state index in [0.717, 1.165) is 22.4 Å². The molecule has 0 aliphatic carbocycles. The topological polar surface area (TPSA) is 161 Å². The van der Waals surface area contributed by atoms with Crippen molar-refractivity contribution in [1.82, 2.24) is 15.3 Å². The smallest absolute Gasteiger partial charge is 0.249 e. The lowest BCUT2D eigenvalue weighted by Crippen LogP contribution is -2.41. The Labute approximate surface area is 277 Å². The van der Waals surface area contributed by atoms with E-state index in [9.17, 15) is 14.7 Å². The van der Waals surface area contributed by atoms with Crippen LogP contribution >= 0.6 is 0 Å². The van der Waals surface area contributed by atoms with Crippen LogP contribution in [0.4, 0.5) is 5.69 Å². The summed E-state index contributed by atoms with van der Waals surface area (Å²) in [6.45, 7) is 8.51. The van der Waals surface area contributed by atoms with Crippen LogP contribution in [0.2, 0.25) is 0 Å². The maximum atomic E-state index is 14.1. The molecule has 2 aromatic heterocycles. The molecular weight excluding hydrogens is 614 g/mol. The molecule has 12 nitrogen and oxygen atoms in total. The van der Waals surface area contributed by atoms with Crippen LogP contribution in [0, 0.1) is 17.8 Å². The van der Waals surface area contributed by atoms with E-state index in [4.69, 9.17) is 28.3 Å². The number of aliphatic hydroxyl groups is 1. The first-order chi connectivity index (χ1) is 23.1. The van der Waals surface area contributed by atoms with E-state index in [1.165, 1.54) is 6.26 Å². The third-order valence-corrected chi connectivity index (χ3v) is 9.75. The fourth-order valence-electron chi connectivity index (χ4n) is 7.27. The Morgan fingerprint density at radius 3 is 2.69 bits per heavy atom. The molecule has 6 heterocycles. The number of aliphatic imine (C=N–C) groups is 1. The predicted octanol–water partition coefficient (Wildman–Crippen LogP) is 4.55. The van der Waals surface area contributed by atoms with Gasteiger partial charge in [0, 0.05) is 23.6 Å². The molecule has 8 rings (SSSR count). The van der Waals surface area contributed by atoms with Crippen molar-refractivity contribution >= 4 is 23.3 Å². The molecule has 3 N–H and O–H groups in total. The summed E-state index contributed by atoms with van der Waals surface area (Å²) in [6.07, 6.45) is -0.101. The fourth-order valence-corrected chi connectivity index (χ4v) is 7.27. The molecule has 4 bridgehead atoms. The van der Waals surface area contributed by atoms with E-state index in [-0.39, 0.29) is 48.1 Å². The van der Waals surface area contributed by atoms with Crippen molar-refractivity contribution < 1.29 is 33.0 Å². The van der Waals surface area contributed by atoms with Crippen molar-refractivity contribution in [3.8, 4) is 17.3 Å². The van der Waals surface area contributed by atoms with Gasteiger partial charge in [-0.25, -0.2) is 15.0 Å². The summed E-state index contributed by atoms with van der Waals surface area (Å²) in [4.78, 5) is 41.4. The Hall–Kier alpha value is -4.97. The van der Waals surface area contributed by atoms with E-state index in [2.05, 4.69) is 15.6 Å². The van der Waals surface area contributed by atoms with E-state index in [0.29, 0.717) is 41.9 Å². The minimum atomic E-state index is -1.17. The third-order valence-electron chi connectivity index (χ3n) is 9.75. The lowest BCUT2D eigenvalue weighted by atomic mass is 9.72. The van der Waals surface area contributed by atoms with Gasteiger partial charge in [0.2, 0.25) is 23.6 Å². The number of amides is 1. The average Bonchev–Trinajstić information content (AvgIpc) is 3.89. The number of hydrogen-bond acceptors (Lipinski definition) is 11. The Morgan fingerprint density at radius 2 is 1.92 bits per heavy atom. The average molecular weight is 652 g/mol. The van der Waals surface area contributed by atoms with Crippen molar-refractivity contribution in [3.05, 3.63) is 82.8 Å². The molecule has 2 aromatic carbocycles. The predicted molar refractivity (Wildman–Crippen MR) is 174 cm³/mol. The van der Waals surface area contributed by atoms with Crippen LogP contribution in [0.3, 0.4) is 0 Å². The molecule has 0 saturated heterocycles. The van der Waals surface area contributed by atoms with Crippen LogP contribution in [0.5, 0.6) is 5.75 Å². The van der Waals surface area contributed by atoms with Crippen LogP contribution < -0.4 is 15.4 Å². The van der Waals surface area contributed by atoms with Crippen molar-refractivity contribution in [3.63, 3.8) is 0 Å². The van der Waals surface area contributed by atoms with E-state index >= 15 is 0 Å². The zero-order chi connectivity index (χ0) is 33.3. The van der Waals surface area contributed by atoms with Crippen LogP contribution in [-0.2, 0) is 26.2 Å². The van der Waals surface area contributed by atoms with Crippen molar-refractivity contribution in [2.24, 2.45) is 22.7 Å². The number of hydrogen-bond donors (Lipinski definition) is 3. The number of nitrogens with one attached hydrogen (secondary N) is 2. The number of carbonyl (C=O) groups excluding carboxylic acids is 2. The molecule has 0 fully saturated rings. The summed E-state index contributed by atoms with van der Waals surface area (Å²) in [6, 6.07) is 13.2. The number of ketones is 1. The van der Waals surface area contributed by atoms with Crippen molar-refractivity contribution in [1.29, 1.82) is 0 Å². The Kier molecular flexibility index (Phi) is 7.17. The van der Waals surface area contributed by atoms with Crippen molar-refractivity contribution in [2.45, 2.75) is 64.3 Å². The van der Waals surface area contributed by atoms with Gasteiger partial charge < -0.3 is 34.0 Å². The third kappa shape index (κ3) is 4.64. The van der Waals surface area contributed by atoms with Gasteiger partial charge in [-0.2, -0.15) is 0 Å². The number of fused-ring (bicyclic) bond motifs is 4. The number of aliphatic hydroxyl groups excluding tert-OH is 1. The molecule has 48 heavy (non-hydrogen) atoms. The maximum Gasteiger partial charge on any atom is 0.249 e. The normalized spacial score (nSPS) is 24.4. The second-order valence-corrected chi connectivity index (χ2v) is 13.6. The molecule has 1 unspecified atom stereocenters. The number of oxazole rings is 2. The largest absolute Gasteiger partial charge is 0.474 e. The molecule has 1 spiro atoms. The lowest BCUT2D eigenvalue weighted by molar-refractivity contribution is -0.135. The number of rotatable bonds is 7. The summed E-state index contributed by atoms with van der Waals surface area (Å²) in [5.41, 5.74) is 3.29. The second-order valence-electron chi connectivity index (χ2n) is 13.6. The molecule has 12 heteroatoms. The van der Waals surface area contributed by atoms with Crippen LogP contribution in [0.15, 0.2) is 62.6 Å². The highest BCUT2D eigenvalue weighted by atomic mass is 16.5. The highest BCUT2D eigenvalue weighted by Crippen LogP contribution is 2.59.